The van der Waals surface area contributed by atoms with Crippen molar-refractivity contribution in [3.63, 3.8) is 0 Å². The lowest BCUT2D eigenvalue weighted by atomic mass is 10.1. The molecular weight excluding hydrogens is 407 g/mol. The molecule has 1 amide bonds. The van der Waals surface area contributed by atoms with Gasteiger partial charge in [-0.05, 0) is 47.9 Å². The van der Waals surface area contributed by atoms with Gasteiger partial charge in [-0.3, -0.25) is 10.1 Å². The number of hydrogen-bond donors (Lipinski definition) is 2. The van der Waals surface area contributed by atoms with Crippen molar-refractivity contribution in [2.75, 3.05) is 12.4 Å². The first-order valence-electron chi connectivity index (χ1n) is 9.15. The molecule has 1 atom stereocenters. The van der Waals surface area contributed by atoms with Gasteiger partial charge < -0.3 is 10.1 Å². The minimum absolute atomic E-state index is 0.190. The fourth-order valence-corrected chi connectivity index (χ4v) is 3.48. The van der Waals surface area contributed by atoms with Crippen LogP contribution in [0.5, 0.6) is 5.75 Å². The van der Waals surface area contributed by atoms with Crippen molar-refractivity contribution >= 4 is 34.8 Å². The minimum Gasteiger partial charge on any atom is -0.495 e. The van der Waals surface area contributed by atoms with Crippen LogP contribution in [-0.4, -0.2) is 13.0 Å². The largest absolute Gasteiger partial charge is 0.495 e. The summed E-state index contributed by atoms with van der Waals surface area (Å²) in [6.07, 6.45) is 0. The number of benzene rings is 3. The fourth-order valence-electron chi connectivity index (χ4n) is 3.01. The number of rotatable bonds is 7. The first-order valence-corrected chi connectivity index (χ1v) is 9.91. The molecule has 6 heteroatoms. The number of aryl methyl sites for hydroxylation is 1. The molecule has 2 N–H and O–H groups in total. The van der Waals surface area contributed by atoms with Crippen LogP contribution in [0.15, 0.2) is 66.7 Å². The maximum Gasteiger partial charge on any atom is 0.246 e. The van der Waals surface area contributed by atoms with Crippen LogP contribution in [0.2, 0.25) is 10.0 Å². The summed E-state index contributed by atoms with van der Waals surface area (Å²) in [5.74, 6) is 0.418. The molecule has 0 aliphatic rings. The van der Waals surface area contributed by atoms with Gasteiger partial charge in [-0.15, -0.1) is 0 Å². The molecule has 0 aliphatic heterocycles. The zero-order chi connectivity index (χ0) is 20.8. The molecule has 0 spiro atoms. The highest BCUT2D eigenvalue weighted by atomic mass is 35.5. The van der Waals surface area contributed by atoms with Crippen LogP contribution in [0.1, 0.15) is 22.7 Å². The monoisotopic (exact) mass is 428 g/mol. The van der Waals surface area contributed by atoms with Gasteiger partial charge in [-0.1, -0.05) is 65.7 Å². The van der Waals surface area contributed by atoms with Crippen LogP contribution in [0.3, 0.4) is 0 Å². The third kappa shape index (κ3) is 5.51. The second-order valence-corrected chi connectivity index (χ2v) is 7.50. The molecule has 0 saturated carbocycles. The number of hydrogen-bond acceptors (Lipinski definition) is 3. The van der Waals surface area contributed by atoms with E-state index < -0.39 is 6.04 Å². The van der Waals surface area contributed by atoms with Crippen molar-refractivity contribution in [2.24, 2.45) is 0 Å². The van der Waals surface area contributed by atoms with E-state index in [9.17, 15) is 4.79 Å². The summed E-state index contributed by atoms with van der Waals surface area (Å²) in [5, 5.41) is 7.41. The van der Waals surface area contributed by atoms with E-state index >= 15 is 0 Å². The molecule has 0 fully saturated rings. The molecular formula is C23H22Cl2N2O2. The molecule has 0 bridgehead atoms. The van der Waals surface area contributed by atoms with E-state index in [1.807, 2.05) is 61.5 Å². The van der Waals surface area contributed by atoms with E-state index in [1.165, 1.54) is 0 Å². The molecule has 0 unspecified atom stereocenters. The molecule has 3 aromatic carbocycles. The lowest BCUT2D eigenvalue weighted by Gasteiger charge is -2.20. The Morgan fingerprint density at radius 3 is 2.48 bits per heavy atom. The van der Waals surface area contributed by atoms with E-state index in [0.29, 0.717) is 28.0 Å². The second kappa shape index (κ2) is 9.79. The van der Waals surface area contributed by atoms with Gasteiger partial charge in [0, 0.05) is 16.6 Å². The predicted octanol–water partition coefficient (Wildman–Crippen LogP) is 5.78. The summed E-state index contributed by atoms with van der Waals surface area (Å²) in [7, 11) is 1.58. The van der Waals surface area contributed by atoms with Crippen LogP contribution in [0, 0.1) is 6.92 Å². The smallest absolute Gasteiger partial charge is 0.246 e. The molecule has 0 aliphatic carbocycles. The zero-order valence-corrected chi connectivity index (χ0v) is 17.7. The van der Waals surface area contributed by atoms with E-state index in [-0.39, 0.29) is 5.91 Å². The standard InChI is InChI=1S/C23H22Cl2N2O2/c1-15-8-11-21(29-2)20(12-15)27-23(28)22(16-6-4-3-5-7-16)26-14-17-9-10-18(24)13-19(17)25/h3-13,22,26H,14H2,1-2H3,(H,27,28)/t22-/m0/s1. The Morgan fingerprint density at radius 2 is 1.79 bits per heavy atom. The number of ether oxygens (including phenoxy) is 1. The van der Waals surface area contributed by atoms with Crippen molar-refractivity contribution in [1.29, 1.82) is 0 Å². The highest BCUT2D eigenvalue weighted by molar-refractivity contribution is 6.35. The molecule has 3 aromatic rings. The lowest BCUT2D eigenvalue weighted by Crippen LogP contribution is -2.33. The summed E-state index contributed by atoms with van der Waals surface area (Å²) in [4.78, 5) is 13.2. The Balaban J connectivity index is 1.84. The normalized spacial score (nSPS) is 11.7. The molecule has 0 radical (unpaired) electrons. The third-order valence-electron chi connectivity index (χ3n) is 4.52. The highest BCUT2D eigenvalue weighted by Gasteiger charge is 2.21. The summed E-state index contributed by atoms with van der Waals surface area (Å²) in [6.45, 7) is 2.37. The number of nitrogens with one attached hydrogen (secondary N) is 2. The number of methoxy groups -OCH3 is 1. The Labute approximate surface area is 180 Å². The molecule has 0 saturated heterocycles. The first kappa shape index (κ1) is 21.2. The van der Waals surface area contributed by atoms with E-state index in [0.717, 1.165) is 16.7 Å². The fraction of sp³-hybridized carbons (Fsp3) is 0.174. The van der Waals surface area contributed by atoms with E-state index in [1.54, 1.807) is 19.2 Å². The van der Waals surface area contributed by atoms with Gasteiger partial charge in [-0.2, -0.15) is 0 Å². The molecule has 150 valence electrons. The summed E-state index contributed by atoms with van der Waals surface area (Å²) in [6, 6.07) is 19.9. The summed E-state index contributed by atoms with van der Waals surface area (Å²) >= 11 is 12.3. The van der Waals surface area contributed by atoms with Gasteiger partial charge in [0.1, 0.15) is 11.8 Å². The average molecular weight is 429 g/mol. The van der Waals surface area contributed by atoms with Crippen molar-refractivity contribution in [3.8, 4) is 5.75 Å². The van der Waals surface area contributed by atoms with Crippen LogP contribution >= 0.6 is 23.2 Å². The van der Waals surface area contributed by atoms with Gasteiger partial charge >= 0.3 is 0 Å². The van der Waals surface area contributed by atoms with Crippen molar-refractivity contribution < 1.29 is 9.53 Å². The van der Waals surface area contributed by atoms with Crippen LogP contribution < -0.4 is 15.4 Å². The van der Waals surface area contributed by atoms with Crippen molar-refractivity contribution in [2.45, 2.75) is 19.5 Å². The predicted molar refractivity (Wildman–Crippen MR) is 119 cm³/mol. The van der Waals surface area contributed by atoms with Crippen molar-refractivity contribution in [1.82, 2.24) is 5.32 Å². The van der Waals surface area contributed by atoms with E-state index in [2.05, 4.69) is 10.6 Å². The van der Waals surface area contributed by atoms with Gasteiger partial charge in [0.2, 0.25) is 5.91 Å². The van der Waals surface area contributed by atoms with Crippen LogP contribution in [-0.2, 0) is 11.3 Å². The van der Waals surface area contributed by atoms with Gasteiger partial charge in [0.15, 0.2) is 0 Å². The molecule has 0 heterocycles. The number of carbonyl (C=O) groups excluding carboxylic acids is 1. The van der Waals surface area contributed by atoms with Gasteiger partial charge in [-0.25, -0.2) is 0 Å². The number of amides is 1. The topological polar surface area (TPSA) is 50.4 Å². The molecule has 3 rings (SSSR count). The van der Waals surface area contributed by atoms with Crippen LogP contribution in [0.4, 0.5) is 5.69 Å². The lowest BCUT2D eigenvalue weighted by molar-refractivity contribution is -0.118. The molecule has 0 aromatic heterocycles. The maximum atomic E-state index is 13.2. The third-order valence-corrected chi connectivity index (χ3v) is 5.11. The first-order chi connectivity index (χ1) is 14.0. The Morgan fingerprint density at radius 1 is 1.03 bits per heavy atom. The van der Waals surface area contributed by atoms with Crippen LogP contribution in [0.25, 0.3) is 0 Å². The highest BCUT2D eigenvalue weighted by Crippen LogP contribution is 2.27. The quantitative estimate of drug-likeness (QED) is 0.501. The van der Waals surface area contributed by atoms with E-state index in [4.69, 9.17) is 27.9 Å². The number of anilines is 1. The Bertz CT molecular complexity index is 993. The number of halogens is 2. The SMILES string of the molecule is COc1ccc(C)cc1NC(=O)[C@@H](NCc1ccc(Cl)cc1Cl)c1ccccc1. The number of carbonyl (C=O) groups is 1. The molecule has 4 nitrogen and oxygen atoms in total. The molecule has 29 heavy (non-hydrogen) atoms. The average Bonchev–Trinajstić information content (AvgIpc) is 2.70. The minimum atomic E-state index is -0.576. The van der Waals surface area contributed by atoms with Crippen molar-refractivity contribution in [3.05, 3.63) is 93.5 Å². The second-order valence-electron chi connectivity index (χ2n) is 6.65. The Hall–Kier alpha value is -2.53. The van der Waals surface area contributed by atoms with Gasteiger partial charge in [0.05, 0.1) is 12.8 Å². The van der Waals surface area contributed by atoms with Gasteiger partial charge in [0.25, 0.3) is 0 Å². The zero-order valence-electron chi connectivity index (χ0n) is 16.2. The maximum absolute atomic E-state index is 13.2. The Kier molecular flexibility index (Phi) is 7.15. The summed E-state index contributed by atoms with van der Waals surface area (Å²) < 4.78 is 5.38. The summed E-state index contributed by atoms with van der Waals surface area (Å²) in [5.41, 5.74) is 3.36.